The molecule has 0 spiro atoms. The van der Waals surface area contributed by atoms with Crippen LogP contribution in [0, 0.1) is 0 Å². The van der Waals surface area contributed by atoms with E-state index in [0.29, 0.717) is 5.69 Å². The molecule has 0 fully saturated rings. The van der Waals surface area contributed by atoms with E-state index in [4.69, 9.17) is 10.5 Å². The summed E-state index contributed by atoms with van der Waals surface area (Å²) in [5, 5.41) is 2.71. The molecule has 1 heterocycles. The standard InChI is InChI=1S/C13H18N4O3/c1-16-10-5-4-8(6-11(10)17(2)13(16)19)15-12(18)9(14)7-20-3/h4-6,9H,7,14H2,1-3H3,(H,15,18). The molecule has 1 aromatic carbocycles. The van der Waals surface area contributed by atoms with E-state index in [2.05, 4.69) is 5.32 Å². The Balaban J connectivity index is 2.31. The van der Waals surface area contributed by atoms with Gasteiger partial charge in [-0.3, -0.25) is 13.9 Å². The highest BCUT2D eigenvalue weighted by atomic mass is 16.5. The molecule has 20 heavy (non-hydrogen) atoms. The molecule has 0 radical (unpaired) electrons. The molecular formula is C13H18N4O3. The molecule has 7 heteroatoms. The van der Waals surface area contributed by atoms with E-state index in [-0.39, 0.29) is 18.2 Å². The third-order valence-corrected chi connectivity index (χ3v) is 3.22. The van der Waals surface area contributed by atoms with E-state index in [9.17, 15) is 9.59 Å². The molecule has 1 unspecified atom stereocenters. The fourth-order valence-electron chi connectivity index (χ4n) is 2.07. The van der Waals surface area contributed by atoms with Crippen LogP contribution in [0.5, 0.6) is 0 Å². The molecule has 0 bridgehead atoms. The van der Waals surface area contributed by atoms with Crippen LogP contribution in [-0.4, -0.2) is 34.8 Å². The molecule has 0 saturated heterocycles. The number of methoxy groups -OCH3 is 1. The van der Waals surface area contributed by atoms with Crippen LogP contribution in [0.15, 0.2) is 23.0 Å². The van der Waals surface area contributed by atoms with Gasteiger partial charge in [0, 0.05) is 26.9 Å². The van der Waals surface area contributed by atoms with Crippen molar-refractivity contribution in [2.45, 2.75) is 6.04 Å². The van der Waals surface area contributed by atoms with Crippen molar-refractivity contribution in [3.05, 3.63) is 28.7 Å². The van der Waals surface area contributed by atoms with Gasteiger partial charge in [-0.05, 0) is 18.2 Å². The summed E-state index contributed by atoms with van der Waals surface area (Å²) in [6, 6.07) is 4.54. The van der Waals surface area contributed by atoms with Crippen LogP contribution in [0.3, 0.4) is 0 Å². The number of amides is 1. The molecule has 0 aliphatic carbocycles. The Labute approximate surface area is 115 Å². The third kappa shape index (κ3) is 2.45. The van der Waals surface area contributed by atoms with Crippen molar-refractivity contribution >= 4 is 22.6 Å². The topological polar surface area (TPSA) is 91.3 Å². The third-order valence-electron chi connectivity index (χ3n) is 3.22. The molecule has 108 valence electrons. The maximum atomic E-state index is 11.8. The van der Waals surface area contributed by atoms with Gasteiger partial charge in [-0.15, -0.1) is 0 Å². The average Bonchev–Trinajstić information content (AvgIpc) is 2.64. The van der Waals surface area contributed by atoms with E-state index in [1.807, 2.05) is 0 Å². The molecule has 0 aliphatic heterocycles. The summed E-state index contributed by atoms with van der Waals surface area (Å²) in [6.07, 6.45) is 0. The Morgan fingerprint density at radius 3 is 2.65 bits per heavy atom. The summed E-state index contributed by atoms with van der Waals surface area (Å²) in [4.78, 5) is 23.6. The number of anilines is 1. The van der Waals surface area contributed by atoms with Crippen molar-refractivity contribution in [3.8, 4) is 0 Å². The number of hydrogen-bond donors (Lipinski definition) is 2. The molecule has 1 amide bonds. The van der Waals surface area contributed by atoms with Gasteiger partial charge in [0.2, 0.25) is 5.91 Å². The van der Waals surface area contributed by atoms with Gasteiger partial charge in [0.15, 0.2) is 0 Å². The van der Waals surface area contributed by atoms with Gasteiger partial charge in [0.25, 0.3) is 0 Å². The monoisotopic (exact) mass is 278 g/mol. The Morgan fingerprint density at radius 1 is 1.35 bits per heavy atom. The molecule has 0 saturated carbocycles. The van der Waals surface area contributed by atoms with E-state index in [0.717, 1.165) is 11.0 Å². The predicted molar refractivity (Wildman–Crippen MR) is 76.6 cm³/mol. The van der Waals surface area contributed by atoms with Crippen LogP contribution >= 0.6 is 0 Å². The van der Waals surface area contributed by atoms with E-state index < -0.39 is 6.04 Å². The fourth-order valence-corrected chi connectivity index (χ4v) is 2.07. The highest BCUT2D eigenvalue weighted by Gasteiger charge is 2.14. The Hall–Kier alpha value is -2.12. The Bertz CT molecular complexity index is 701. The number of carbonyl (C=O) groups is 1. The van der Waals surface area contributed by atoms with Crippen molar-refractivity contribution in [3.63, 3.8) is 0 Å². The molecule has 0 aliphatic rings. The number of nitrogens with zero attached hydrogens (tertiary/aromatic N) is 2. The minimum atomic E-state index is -0.727. The zero-order valence-electron chi connectivity index (χ0n) is 11.7. The van der Waals surface area contributed by atoms with E-state index in [1.54, 1.807) is 36.9 Å². The van der Waals surface area contributed by atoms with Crippen LogP contribution in [0.1, 0.15) is 0 Å². The lowest BCUT2D eigenvalue weighted by atomic mass is 10.2. The normalized spacial score (nSPS) is 12.6. The van der Waals surface area contributed by atoms with Gasteiger partial charge in [0.1, 0.15) is 6.04 Å². The quantitative estimate of drug-likeness (QED) is 0.809. The largest absolute Gasteiger partial charge is 0.383 e. The SMILES string of the molecule is COCC(N)C(=O)Nc1ccc2c(c1)n(C)c(=O)n2C. The average molecular weight is 278 g/mol. The van der Waals surface area contributed by atoms with Crippen LogP contribution in [-0.2, 0) is 23.6 Å². The molecular weight excluding hydrogens is 260 g/mol. The molecule has 1 atom stereocenters. The van der Waals surface area contributed by atoms with Gasteiger partial charge in [-0.25, -0.2) is 4.79 Å². The van der Waals surface area contributed by atoms with Crippen molar-refractivity contribution in [1.29, 1.82) is 0 Å². The fraction of sp³-hybridized carbons (Fsp3) is 0.385. The maximum absolute atomic E-state index is 11.8. The Morgan fingerprint density at radius 2 is 2.00 bits per heavy atom. The van der Waals surface area contributed by atoms with Crippen molar-refractivity contribution in [1.82, 2.24) is 9.13 Å². The van der Waals surface area contributed by atoms with Crippen LogP contribution in [0.4, 0.5) is 5.69 Å². The molecule has 2 aromatic rings. The number of nitrogens with two attached hydrogens (primary N) is 1. The number of nitrogens with one attached hydrogen (secondary N) is 1. The first-order chi connectivity index (χ1) is 9.45. The van der Waals surface area contributed by atoms with Crippen molar-refractivity contribution in [2.24, 2.45) is 19.8 Å². The second-order valence-corrected chi connectivity index (χ2v) is 4.66. The number of imidazole rings is 1. The van der Waals surface area contributed by atoms with Gasteiger partial charge in [-0.1, -0.05) is 0 Å². The van der Waals surface area contributed by atoms with Gasteiger partial charge in [0.05, 0.1) is 17.6 Å². The summed E-state index contributed by atoms with van der Waals surface area (Å²) in [7, 11) is 4.88. The minimum absolute atomic E-state index is 0.112. The first-order valence-electron chi connectivity index (χ1n) is 6.16. The van der Waals surface area contributed by atoms with Gasteiger partial charge in [-0.2, -0.15) is 0 Å². The summed E-state index contributed by atoms with van der Waals surface area (Å²) in [5.41, 5.74) is 7.68. The predicted octanol–water partition coefficient (Wildman–Crippen LogP) is -0.211. The van der Waals surface area contributed by atoms with Gasteiger partial charge >= 0.3 is 5.69 Å². The van der Waals surface area contributed by atoms with Crippen molar-refractivity contribution in [2.75, 3.05) is 19.0 Å². The minimum Gasteiger partial charge on any atom is -0.383 e. The van der Waals surface area contributed by atoms with E-state index >= 15 is 0 Å². The molecule has 1 aromatic heterocycles. The first kappa shape index (κ1) is 14.3. The highest BCUT2D eigenvalue weighted by molar-refractivity contribution is 5.96. The van der Waals surface area contributed by atoms with Crippen molar-refractivity contribution < 1.29 is 9.53 Å². The smallest absolute Gasteiger partial charge is 0.328 e. The zero-order chi connectivity index (χ0) is 14.9. The summed E-state index contributed by atoms with van der Waals surface area (Å²) >= 11 is 0. The number of ether oxygens (including phenoxy) is 1. The second-order valence-electron chi connectivity index (χ2n) is 4.66. The number of benzene rings is 1. The van der Waals surface area contributed by atoms with Crippen LogP contribution in [0.2, 0.25) is 0 Å². The number of aromatic nitrogens is 2. The number of rotatable bonds is 4. The number of carbonyl (C=O) groups excluding carboxylic acids is 1. The summed E-state index contributed by atoms with van der Waals surface area (Å²) in [5.74, 6) is -0.327. The van der Waals surface area contributed by atoms with Crippen LogP contribution < -0.4 is 16.7 Å². The molecule has 7 nitrogen and oxygen atoms in total. The van der Waals surface area contributed by atoms with Crippen LogP contribution in [0.25, 0.3) is 11.0 Å². The first-order valence-corrected chi connectivity index (χ1v) is 6.16. The lowest BCUT2D eigenvalue weighted by Gasteiger charge is -2.11. The zero-order valence-corrected chi connectivity index (χ0v) is 11.7. The summed E-state index contributed by atoms with van der Waals surface area (Å²) < 4.78 is 7.92. The van der Waals surface area contributed by atoms with E-state index in [1.165, 1.54) is 11.7 Å². The second kappa shape index (κ2) is 5.48. The number of hydrogen-bond acceptors (Lipinski definition) is 4. The highest BCUT2D eigenvalue weighted by Crippen LogP contribution is 2.17. The lowest BCUT2D eigenvalue weighted by molar-refractivity contribution is -0.118. The lowest BCUT2D eigenvalue weighted by Crippen LogP contribution is -2.39. The Kier molecular flexibility index (Phi) is 3.91. The maximum Gasteiger partial charge on any atom is 0.328 e. The molecule has 3 N–H and O–H groups in total. The summed E-state index contributed by atoms with van der Waals surface area (Å²) in [6.45, 7) is 0.151. The molecule has 2 rings (SSSR count). The van der Waals surface area contributed by atoms with Gasteiger partial charge < -0.3 is 15.8 Å². The number of fused-ring (bicyclic) bond motifs is 1. The number of aryl methyl sites for hydroxylation is 2.